The van der Waals surface area contributed by atoms with Gasteiger partial charge >= 0.3 is 0 Å². The SMILES string of the molecule is CCCCC1CCC(C(=O)Nc2ccc3c(c2)N(Cc2ccc(F)cc2)C(=O)CO3)CC1. The zero-order valence-corrected chi connectivity index (χ0v) is 18.6. The van der Waals surface area contributed by atoms with Gasteiger partial charge in [-0.25, -0.2) is 4.39 Å². The van der Waals surface area contributed by atoms with Gasteiger partial charge in [0.15, 0.2) is 6.61 Å². The summed E-state index contributed by atoms with van der Waals surface area (Å²) in [4.78, 5) is 27.0. The number of ether oxygens (including phenoxy) is 1. The van der Waals surface area contributed by atoms with Gasteiger partial charge in [-0.1, -0.05) is 38.3 Å². The molecule has 0 bridgehead atoms. The van der Waals surface area contributed by atoms with Gasteiger partial charge in [-0.15, -0.1) is 0 Å². The Kier molecular flexibility index (Phi) is 7.08. The van der Waals surface area contributed by atoms with E-state index in [-0.39, 0.29) is 30.2 Å². The number of halogens is 1. The average molecular weight is 439 g/mol. The number of hydrogen-bond acceptors (Lipinski definition) is 3. The first kappa shape index (κ1) is 22.3. The molecular formula is C26H31FN2O3. The Labute approximate surface area is 188 Å². The molecule has 1 aliphatic carbocycles. The van der Waals surface area contributed by atoms with Crippen LogP contribution < -0.4 is 15.0 Å². The van der Waals surface area contributed by atoms with Crippen molar-refractivity contribution in [3.63, 3.8) is 0 Å². The lowest BCUT2D eigenvalue weighted by Gasteiger charge is -2.30. The molecule has 0 aromatic heterocycles. The van der Waals surface area contributed by atoms with Crippen molar-refractivity contribution >= 4 is 23.2 Å². The highest BCUT2D eigenvalue weighted by atomic mass is 19.1. The van der Waals surface area contributed by atoms with E-state index in [1.54, 1.807) is 29.2 Å². The molecule has 2 aromatic rings. The van der Waals surface area contributed by atoms with Crippen molar-refractivity contribution in [1.29, 1.82) is 0 Å². The molecule has 170 valence electrons. The number of unbranched alkanes of at least 4 members (excludes halogenated alkanes) is 1. The van der Waals surface area contributed by atoms with Crippen LogP contribution in [0.25, 0.3) is 0 Å². The van der Waals surface area contributed by atoms with Crippen LogP contribution in [0.3, 0.4) is 0 Å². The van der Waals surface area contributed by atoms with Gasteiger partial charge in [-0.2, -0.15) is 0 Å². The Bertz CT molecular complexity index is 952. The van der Waals surface area contributed by atoms with E-state index in [1.807, 2.05) is 6.07 Å². The molecular weight excluding hydrogens is 407 g/mol. The van der Waals surface area contributed by atoms with Crippen LogP contribution in [-0.2, 0) is 16.1 Å². The highest BCUT2D eigenvalue weighted by Crippen LogP contribution is 2.37. The molecule has 0 radical (unpaired) electrons. The normalized spacial score (nSPS) is 20.4. The number of amides is 2. The van der Waals surface area contributed by atoms with Crippen LogP contribution in [-0.4, -0.2) is 18.4 Å². The Morgan fingerprint density at radius 2 is 1.88 bits per heavy atom. The molecule has 1 fully saturated rings. The maximum absolute atomic E-state index is 13.2. The van der Waals surface area contributed by atoms with Gasteiger partial charge in [0.1, 0.15) is 11.6 Å². The predicted octanol–water partition coefficient (Wildman–Crippen LogP) is 5.69. The van der Waals surface area contributed by atoms with Crippen LogP contribution in [0.5, 0.6) is 5.75 Å². The van der Waals surface area contributed by atoms with Crippen molar-refractivity contribution < 1.29 is 18.7 Å². The fraction of sp³-hybridized carbons (Fsp3) is 0.462. The van der Waals surface area contributed by atoms with E-state index in [2.05, 4.69) is 12.2 Å². The Hall–Kier alpha value is -2.89. The Balaban J connectivity index is 1.43. The summed E-state index contributed by atoms with van der Waals surface area (Å²) in [5, 5.41) is 3.04. The first-order valence-electron chi connectivity index (χ1n) is 11.7. The largest absolute Gasteiger partial charge is 0.482 e. The molecule has 5 nitrogen and oxygen atoms in total. The number of fused-ring (bicyclic) bond motifs is 1. The Morgan fingerprint density at radius 1 is 1.12 bits per heavy atom. The number of hydrogen-bond donors (Lipinski definition) is 1. The van der Waals surface area contributed by atoms with Gasteiger partial charge in [-0.05, 0) is 67.5 Å². The van der Waals surface area contributed by atoms with Gasteiger partial charge in [0.2, 0.25) is 5.91 Å². The summed E-state index contributed by atoms with van der Waals surface area (Å²) in [5.41, 5.74) is 2.10. The van der Waals surface area contributed by atoms with Crippen LogP contribution in [0.4, 0.5) is 15.8 Å². The third kappa shape index (κ3) is 5.29. The number of carbonyl (C=O) groups excluding carboxylic acids is 2. The topological polar surface area (TPSA) is 58.6 Å². The van der Waals surface area contributed by atoms with Gasteiger partial charge in [0.05, 0.1) is 12.2 Å². The standard InChI is InChI=1S/C26H31FN2O3/c1-2-3-4-18-5-9-20(10-6-18)26(31)28-22-13-14-24-23(15-22)29(25(30)17-32-24)16-19-7-11-21(27)12-8-19/h7-8,11-15,18,20H,2-6,9-10,16-17H2,1H3,(H,28,31). The van der Waals surface area contributed by atoms with Crippen molar-refractivity contribution in [3.05, 3.63) is 53.8 Å². The molecule has 0 saturated heterocycles. The number of carbonyl (C=O) groups is 2. The van der Waals surface area contributed by atoms with Crippen LogP contribution in [0.15, 0.2) is 42.5 Å². The molecule has 0 spiro atoms. The monoisotopic (exact) mass is 438 g/mol. The first-order chi connectivity index (χ1) is 15.5. The van der Waals surface area contributed by atoms with Crippen molar-refractivity contribution in [3.8, 4) is 5.75 Å². The summed E-state index contributed by atoms with van der Waals surface area (Å²) in [7, 11) is 0. The van der Waals surface area contributed by atoms with Gasteiger partial charge in [0.25, 0.3) is 5.91 Å². The highest BCUT2D eigenvalue weighted by Gasteiger charge is 2.28. The third-order valence-corrected chi connectivity index (χ3v) is 6.61. The van der Waals surface area contributed by atoms with E-state index in [0.717, 1.165) is 37.2 Å². The molecule has 2 amide bonds. The summed E-state index contributed by atoms with van der Waals surface area (Å²) in [5.74, 6) is 0.957. The summed E-state index contributed by atoms with van der Waals surface area (Å²) < 4.78 is 18.8. The second-order valence-electron chi connectivity index (χ2n) is 8.93. The van der Waals surface area contributed by atoms with Crippen molar-refractivity contribution in [2.24, 2.45) is 11.8 Å². The second-order valence-corrected chi connectivity index (χ2v) is 8.93. The number of benzene rings is 2. The van der Waals surface area contributed by atoms with Crippen LogP contribution in [0, 0.1) is 17.7 Å². The van der Waals surface area contributed by atoms with E-state index in [9.17, 15) is 14.0 Å². The minimum atomic E-state index is -0.313. The smallest absolute Gasteiger partial charge is 0.265 e. The van der Waals surface area contributed by atoms with Crippen molar-refractivity contribution in [2.75, 3.05) is 16.8 Å². The first-order valence-corrected chi connectivity index (χ1v) is 11.7. The van der Waals surface area contributed by atoms with Crippen LogP contribution in [0.1, 0.15) is 57.4 Å². The zero-order chi connectivity index (χ0) is 22.5. The Morgan fingerprint density at radius 3 is 2.59 bits per heavy atom. The molecule has 1 heterocycles. The minimum Gasteiger partial charge on any atom is -0.482 e. The highest BCUT2D eigenvalue weighted by molar-refractivity contribution is 5.99. The molecule has 32 heavy (non-hydrogen) atoms. The fourth-order valence-electron chi connectivity index (χ4n) is 4.68. The van der Waals surface area contributed by atoms with E-state index >= 15 is 0 Å². The molecule has 1 saturated carbocycles. The molecule has 1 aliphatic heterocycles. The van der Waals surface area contributed by atoms with E-state index < -0.39 is 0 Å². The number of anilines is 2. The summed E-state index contributed by atoms with van der Waals surface area (Å²) in [6, 6.07) is 11.5. The maximum atomic E-state index is 13.2. The predicted molar refractivity (Wildman–Crippen MR) is 123 cm³/mol. The van der Waals surface area contributed by atoms with E-state index in [1.165, 1.54) is 31.4 Å². The van der Waals surface area contributed by atoms with Gasteiger partial charge in [0, 0.05) is 11.6 Å². The van der Waals surface area contributed by atoms with Crippen LogP contribution >= 0.6 is 0 Å². The zero-order valence-electron chi connectivity index (χ0n) is 18.6. The molecule has 4 rings (SSSR count). The average Bonchev–Trinajstić information content (AvgIpc) is 2.81. The van der Waals surface area contributed by atoms with E-state index in [4.69, 9.17) is 4.74 Å². The van der Waals surface area contributed by atoms with E-state index in [0.29, 0.717) is 23.7 Å². The van der Waals surface area contributed by atoms with Gasteiger partial charge in [-0.3, -0.25) is 9.59 Å². The lowest BCUT2D eigenvalue weighted by Crippen LogP contribution is -2.38. The lowest BCUT2D eigenvalue weighted by molar-refractivity contribution is -0.121. The summed E-state index contributed by atoms with van der Waals surface area (Å²) >= 11 is 0. The molecule has 2 aromatic carbocycles. The summed E-state index contributed by atoms with van der Waals surface area (Å²) in [6.07, 6.45) is 7.88. The molecule has 0 unspecified atom stereocenters. The third-order valence-electron chi connectivity index (χ3n) is 6.61. The summed E-state index contributed by atoms with van der Waals surface area (Å²) in [6.45, 7) is 2.49. The molecule has 6 heteroatoms. The maximum Gasteiger partial charge on any atom is 0.265 e. The van der Waals surface area contributed by atoms with Crippen molar-refractivity contribution in [1.82, 2.24) is 0 Å². The molecule has 1 N–H and O–H groups in total. The molecule has 0 atom stereocenters. The number of nitrogens with zero attached hydrogens (tertiary/aromatic N) is 1. The second kappa shape index (κ2) is 10.2. The lowest BCUT2D eigenvalue weighted by atomic mass is 9.79. The minimum absolute atomic E-state index is 0.0390. The fourth-order valence-corrected chi connectivity index (χ4v) is 4.68. The quantitative estimate of drug-likeness (QED) is 0.604. The molecule has 2 aliphatic rings. The van der Waals surface area contributed by atoms with Gasteiger partial charge < -0.3 is 15.0 Å². The number of rotatable bonds is 7. The van der Waals surface area contributed by atoms with Crippen molar-refractivity contribution in [2.45, 2.75) is 58.4 Å². The number of nitrogens with one attached hydrogen (secondary N) is 1. The van der Waals surface area contributed by atoms with Crippen LogP contribution in [0.2, 0.25) is 0 Å².